The third kappa shape index (κ3) is 3.11. The lowest BCUT2D eigenvalue weighted by Gasteiger charge is -2.46. The number of carbonyl (C=O) groups excluding carboxylic acids is 1. The van der Waals surface area contributed by atoms with Crippen molar-refractivity contribution in [2.45, 2.75) is 57.2 Å². The van der Waals surface area contributed by atoms with Crippen molar-refractivity contribution in [2.24, 2.45) is 0 Å². The summed E-state index contributed by atoms with van der Waals surface area (Å²) in [5.74, 6) is -0.100. The molecule has 4 heteroatoms. The second-order valence-electron chi connectivity index (χ2n) is 7.55. The van der Waals surface area contributed by atoms with Gasteiger partial charge in [0.05, 0.1) is 5.56 Å². The fourth-order valence-electron chi connectivity index (χ4n) is 4.64. The molecule has 0 aliphatic carbocycles. The molecule has 2 aromatic rings. The zero-order valence-electron chi connectivity index (χ0n) is 14.7. The largest absolute Gasteiger partial charge is 0.507 e. The van der Waals surface area contributed by atoms with Crippen molar-refractivity contribution in [1.29, 1.82) is 0 Å². The third-order valence-corrected chi connectivity index (χ3v) is 5.96. The van der Waals surface area contributed by atoms with Crippen LogP contribution >= 0.6 is 0 Å². The van der Waals surface area contributed by atoms with E-state index >= 15 is 0 Å². The number of piperidine rings is 2. The van der Waals surface area contributed by atoms with Crippen LogP contribution in [0.3, 0.4) is 0 Å². The van der Waals surface area contributed by atoms with Gasteiger partial charge in [0.15, 0.2) is 0 Å². The highest BCUT2D eigenvalue weighted by atomic mass is 16.3. The fourth-order valence-corrected chi connectivity index (χ4v) is 4.64. The Hall–Kier alpha value is -2.07. The van der Waals surface area contributed by atoms with Crippen LogP contribution in [0.2, 0.25) is 0 Å². The number of hydrogen-bond donors (Lipinski definition) is 2. The van der Waals surface area contributed by atoms with Crippen LogP contribution in [0.25, 0.3) is 10.8 Å². The Labute approximate surface area is 148 Å². The van der Waals surface area contributed by atoms with E-state index < -0.39 is 0 Å². The number of fused-ring (bicyclic) bond motifs is 2. The monoisotopic (exact) mass is 338 g/mol. The molecule has 2 fully saturated rings. The van der Waals surface area contributed by atoms with Crippen LogP contribution in [0.15, 0.2) is 36.4 Å². The normalized spacial score (nSPS) is 27.0. The molecule has 2 aromatic carbocycles. The number of hydrogen-bond acceptors (Lipinski definition) is 3. The lowest BCUT2D eigenvalue weighted by Crippen LogP contribution is -2.54. The minimum absolute atomic E-state index is 0.0555. The number of amides is 1. The van der Waals surface area contributed by atoms with Gasteiger partial charge in [0.2, 0.25) is 0 Å². The molecule has 4 nitrogen and oxygen atoms in total. The maximum Gasteiger partial charge on any atom is 0.255 e. The summed E-state index contributed by atoms with van der Waals surface area (Å²) in [4.78, 5) is 15.5. The Morgan fingerprint density at radius 2 is 2.00 bits per heavy atom. The molecule has 1 amide bonds. The first kappa shape index (κ1) is 16.4. The van der Waals surface area contributed by atoms with Gasteiger partial charge in [0.25, 0.3) is 5.91 Å². The van der Waals surface area contributed by atoms with Crippen LogP contribution in [0.4, 0.5) is 0 Å². The number of rotatable bonds is 2. The van der Waals surface area contributed by atoms with Crippen LogP contribution in [0.5, 0.6) is 5.75 Å². The van der Waals surface area contributed by atoms with Gasteiger partial charge in [-0.3, -0.25) is 9.69 Å². The second-order valence-corrected chi connectivity index (χ2v) is 7.55. The standard InChI is InChI=1S/C21H26N2O2/c1-14-5-4-7-17-13-16(11-12-23(14)17)22-21(25)20-18-8-3-2-6-15(18)9-10-19(20)24/h2-3,6,8-10,14,16-17,24H,4-5,7,11-13H2,1H3,(H,22,25)/t14-,16+,17-/m1/s1. The van der Waals surface area contributed by atoms with Gasteiger partial charge in [0, 0.05) is 24.7 Å². The van der Waals surface area contributed by atoms with E-state index in [0.717, 1.165) is 30.2 Å². The van der Waals surface area contributed by atoms with Crippen LogP contribution in [0.1, 0.15) is 49.4 Å². The minimum atomic E-state index is -0.156. The van der Waals surface area contributed by atoms with Crippen molar-refractivity contribution in [1.82, 2.24) is 10.2 Å². The van der Waals surface area contributed by atoms with Gasteiger partial charge in [-0.1, -0.05) is 36.8 Å². The molecule has 4 rings (SSSR count). The number of aromatic hydroxyl groups is 1. The number of nitrogens with one attached hydrogen (secondary N) is 1. The van der Waals surface area contributed by atoms with Crippen molar-refractivity contribution < 1.29 is 9.90 Å². The van der Waals surface area contributed by atoms with E-state index in [4.69, 9.17) is 0 Å². The molecule has 2 saturated heterocycles. The Morgan fingerprint density at radius 1 is 1.16 bits per heavy atom. The summed E-state index contributed by atoms with van der Waals surface area (Å²) in [5.41, 5.74) is 0.401. The van der Waals surface area contributed by atoms with Crippen molar-refractivity contribution in [3.8, 4) is 5.75 Å². The van der Waals surface area contributed by atoms with Crippen LogP contribution < -0.4 is 5.32 Å². The number of benzene rings is 2. The van der Waals surface area contributed by atoms with E-state index in [2.05, 4.69) is 17.1 Å². The molecular weight excluding hydrogens is 312 g/mol. The molecule has 2 aliphatic heterocycles. The highest BCUT2D eigenvalue weighted by molar-refractivity contribution is 6.09. The molecular formula is C21H26N2O2. The first-order valence-corrected chi connectivity index (χ1v) is 9.41. The smallest absolute Gasteiger partial charge is 0.255 e. The Bertz CT molecular complexity index is 789. The lowest BCUT2D eigenvalue weighted by molar-refractivity contribution is 0.0458. The minimum Gasteiger partial charge on any atom is -0.507 e. The predicted molar refractivity (Wildman–Crippen MR) is 99.9 cm³/mol. The number of phenols is 1. The van der Waals surface area contributed by atoms with Crippen molar-refractivity contribution in [3.05, 3.63) is 42.0 Å². The average Bonchev–Trinajstić information content (AvgIpc) is 2.61. The van der Waals surface area contributed by atoms with E-state index in [1.807, 2.05) is 30.3 Å². The highest BCUT2D eigenvalue weighted by Gasteiger charge is 2.34. The molecule has 0 unspecified atom stereocenters. The lowest BCUT2D eigenvalue weighted by atomic mass is 9.87. The molecule has 0 radical (unpaired) electrons. The zero-order valence-corrected chi connectivity index (χ0v) is 14.7. The molecule has 0 aromatic heterocycles. The first-order chi connectivity index (χ1) is 12.1. The van der Waals surface area contributed by atoms with E-state index in [1.54, 1.807) is 6.07 Å². The molecule has 2 heterocycles. The number of carbonyl (C=O) groups is 1. The molecule has 132 valence electrons. The summed E-state index contributed by atoms with van der Waals surface area (Å²) >= 11 is 0. The SMILES string of the molecule is C[C@@H]1CCC[C@@H]2C[C@@H](NC(=O)c3c(O)ccc4ccccc34)CCN21. The predicted octanol–water partition coefficient (Wildman–Crippen LogP) is 3.68. The fraction of sp³-hybridized carbons (Fsp3) is 0.476. The van der Waals surface area contributed by atoms with Crippen molar-refractivity contribution in [2.75, 3.05) is 6.54 Å². The summed E-state index contributed by atoms with van der Waals surface area (Å²) in [6.45, 7) is 3.37. The van der Waals surface area contributed by atoms with Gasteiger partial charge < -0.3 is 10.4 Å². The maximum atomic E-state index is 12.9. The van der Waals surface area contributed by atoms with Crippen molar-refractivity contribution >= 4 is 16.7 Å². The summed E-state index contributed by atoms with van der Waals surface area (Å²) in [6, 6.07) is 12.6. The average molecular weight is 338 g/mol. The molecule has 0 bridgehead atoms. The Morgan fingerprint density at radius 3 is 2.88 bits per heavy atom. The third-order valence-electron chi connectivity index (χ3n) is 5.96. The van der Waals surface area contributed by atoms with E-state index in [-0.39, 0.29) is 17.7 Å². The first-order valence-electron chi connectivity index (χ1n) is 9.41. The highest BCUT2D eigenvalue weighted by Crippen LogP contribution is 2.31. The molecule has 25 heavy (non-hydrogen) atoms. The van der Waals surface area contributed by atoms with Gasteiger partial charge in [-0.05, 0) is 49.4 Å². The van der Waals surface area contributed by atoms with Crippen LogP contribution in [0, 0.1) is 0 Å². The van der Waals surface area contributed by atoms with Gasteiger partial charge in [-0.15, -0.1) is 0 Å². The van der Waals surface area contributed by atoms with E-state index in [0.29, 0.717) is 17.6 Å². The van der Waals surface area contributed by atoms with Gasteiger partial charge in [-0.2, -0.15) is 0 Å². The summed E-state index contributed by atoms with van der Waals surface area (Å²) in [5, 5.41) is 15.2. The second kappa shape index (κ2) is 6.68. The molecule has 3 atom stereocenters. The molecule has 0 saturated carbocycles. The van der Waals surface area contributed by atoms with Gasteiger partial charge >= 0.3 is 0 Å². The van der Waals surface area contributed by atoms with Gasteiger partial charge in [-0.25, -0.2) is 0 Å². The van der Waals surface area contributed by atoms with E-state index in [1.165, 1.54) is 19.3 Å². The number of nitrogens with zero attached hydrogens (tertiary/aromatic N) is 1. The molecule has 0 spiro atoms. The van der Waals surface area contributed by atoms with Crippen LogP contribution in [-0.4, -0.2) is 40.6 Å². The number of phenolic OH excluding ortho intramolecular Hbond substituents is 1. The van der Waals surface area contributed by atoms with Crippen LogP contribution in [-0.2, 0) is 0 Å². The zero-order chi connectivity index (χ0) is 17.4. The topological polar surface area (TPSA) is 52.6 Å². The Kier molecular flexibility index (Phi) is 4.38. The quantitative estimate of drug-likeness (QED) is 0.878. The molecule has 2 N–H and O–H groups in total. The van der Waals surface area contributed by atoms with Gasteiger partial charge in [0.1, 0.15) is 5.75 Å². The van der Waals surface area contributed by atoms with E-state index in [9.17, 15) is 9.90 Å². The molecule has 2 aliphatic rings. The summed E-state index contributed by atoms with van der Waals surface area (Å²) in [6.07, 6.45) is 5.81. The van der Waals surface area contributed by atoms with Crippen molar-refractivity contribution in [3.63, 3.8) is 0 Å². The summed E-state index contributed by atoms with van der Waals surface area (Å²) in [7, 11) is 0. The summed E-state index contributed by atoms with van der Waals surface area (Å²) < 4.78 is 0. The Balaban J connectivity index is 1.52. The maximum absolute atomic E-state index is 12.9.